The number of rotatable bonds is 5. The van der Waals surface area contributed by atoms with Crippen LogP contribution in [-0.2, 0) is 20.9 Å². The molecule has 0 unspecified atom stereocenters. The fraction of sp³-hybridized carbons (Fsp3) is 0.312. The van der Waals surface area contributed by atoms with E-state index in [0.29, 0.717) is 11.4 Å². The van der Waals surface area contributed by atoms with Crippen LogP contribution in [0, 0.1) is 6.92 Å². The number of carbonyl (C=O) groups excluding carboxylic acids is 2. The molecule has 1 aromatic carbocycles. The number of hydrogen-bond donors (Lipinski definition) is 0. The minimum Gasteiger partial charge on any atom is -0.451 e. The van der Waals surface area contributed by atoms with Crippen LogP contribution in [-0.4, -0.2) is 29.6 Å². The maximum absolute atomic E-state index is 12.3. The minimum atomic E-state index is -0.928. The first-order valence-corrected chi connectivity index (χ1v) is 7.95. The average Bonchev–Trinajstić information content (AvgIpc) is 2.86. The smallest absolute Gasteiger partial charge is 0.326 e. The highest BCUT2D eigenvalue weighted by molar-refractivity contribution is 7.07. The summed E-state index contributed by atoms with van der Waals surface area (Å²) < 4.78 is 6.48. The van der Waals surface area contributed by atoms with Gasteiger partial charge >= 0.3 is 10.8 Å². The van der Waals surface area contributed by atoms with Gasteiger partial charge in [0, 0.05) is 23.8 Å². The average molecular weight is 334 g/mol. The number of likely N-dealkylation sites (N-methyl/N-ethyl adjacent to an activating group) is 1. The van der Waals surface area contributed by atoms with E-state index in [0.717, 1.165) is 11.3 Å². The molecule has 6 nitrogen and oxygen atoms in total. The Labute approximate surface area is 137 Å². The van der Waals surface area contributed by atoms with E-state index in [9.17, 15) is 14.4 Å². The van der Waals surface area contributed by atoms with E-state index < -0.39 is 12.1 Å². The topological polar surface area (TPSA) is 68.6 Å². The molecule has 0 fully saturated rings. The van der Waals surface area contributed by atoms with E-state index in [4.69, 9.17) is 4.74 Å². The monoisotopic (exact) mass is 334 g/mol. The summed E-state index contributed by atoms with van der Waals surface area (Å²) in [5, 5.41) is 1.67. The second kappa shape index (κ2) is 7.23. The van der Waals surface area contributed by atoms with Crippen LogP contribution in [0.3, 0.4) is 0 Å². The summed E-state index contributed by atoms with van der Waals surface area (Å²) in [5.41, 5.74) is 1.41. The Morgan fingerprint density at radius 2 is 1.96 bits per heavy atom. The zero-order valence-electron chi connectivity index (χ0n) is 13.2. The molecule has 0 saturated carbocycles. The van der Waals surface area contributed by atoms with Crippen molar-refractivity contribution in [1.82, 2.24) is 4.57 Å². The standard InChI is InChI=1S/C16H18N2O4S/c1-11-10-23-16(21)18(11)9-14(19)22-12(2)15(20)17(3)13-7-5-4-6-8-13/h4-8,10,12H,9H2,1-3H3/t12-/m0/s1. The molecule has 23 heavy (non-hydrogen) atoms. The van der Waals surface area contributed by atoms with Crippen LogP contribution < -0.4 is 9.77 Å². The third kappa shape index (κ3) is 4.07. The number of para-hydroxylation sites is 1. The van der Waals surface area contributed by atoms with E-state index in [1.807, 2.05) is 18.2 Å². The number of amides is 1. The molecule has 2 aromatic rings. The molecule has 1 heterocycles. The van der Waals surface area contributed by atoms with Gasteiger partial charge in [-0.3, -0.25) is 19.0 Å². The zero-order chi connectivity index (χ0) is 17.0. The Balaban J connectivity index is 1.98. The fourth-order valence-electron chi connectivity index (χ4n) is 2.06. The lowest BCUT2D eigenvalue weighted by molar-refractivity contribution is -0.154. The number of nitrogens with zero attached hydrogens (tertiary/aromatic N) is 2. The summed E-state index contributed by atoms with van der Waals surface area (Å²) >= 11 is 1.02. The van der Waals surface area contributed by atoms with Crippen LogP contribution in [0.4, 0.5) is 5.69 Å². The molecule has 1 aromatic heterocycles. The van der Waals surface area contributed by atoms with Crippen molar-refractivity contribution >= 4 is 28.9 Å². The number of aromatic nitrogens is 1. The molecule has 0 spiro atoms. The van der Waals surface area contributed by atoms with E-state index >= 15 is 0 Å². The van der Waals surface area contributed by atoms with Crippen LogP contribution in [0.5, 0.6) is 0 Å². The zero-order valence-corrected chi connectivity index (χ0v) is 14.0. The van der Waals surface area contributed by atoms with Crippen LogP contribution >= 0.6 is 11.3 Å². The highest BCUT2D eigenvalue weighted by Crippen LogP contribution is 2.13. The van der Waals surface area contributed by atoms with Gasteiger partial charge in [0.2, 0.25) is 0 Å². The SMILES string of the molecule is Cc1csc(=O)n1CC(=O)O[C@@H](C)C(=O)N(C)c1ccccc1. The van der Waals surface area contributed by atoms with Crippen molar-refractivity contribution in [3.05, 3.63) is 51.1 Å². The molecular formula is C16H18N2O4S. The number of thiazole rings is 1. The van der Waals surface area contributed by atoms with Gasteiger partial charge in [0.15, 0.2) is 6.10 Å². The van der Waals surface area contributed by atoms with Gasteiger partial charge < -0.3 is 9.64 Å². The van der Waals surface area contributed by atoms with Crippen molar-refractivity contribution in [2.45, 2.75) is 26.5 Å². The van der Waals surface area contributed by atoms with Crippen LogP contribution in [0.2, 0.25) is 0 Å². The number of benzene rings is 1. The third-order valence-corrected chi connectivity index (χ3v) is 4.27. The van der Waals surface area contributed by atoms with Gasteiger partial charge in [-0.05, 0) is 26.0 Å². The normalized spacial score (nSPS) is 11.8. The summed E-state index contributed by atoms with van der Waals surface area (Å²) in [4.78, 5) is 37.0. The van der Waals surface area contributed by atoms with E-state index in [1.54, 1.807) is 31.5 Å². The van der Waals surface area contributed by atoms with Gasteiger partial charge in [-0.15, -0.1) is 0 Å². The molecule has 1 amide bonds. The van der Waals surface area contributed by atoms with Crippen molar-refractivity contribution in [2.24, 2.45) is 0 Å². The third-order valence-electron chi connectivity index (χ3n) is 3.39. The van der Waals surface area contributed by atoms with Crippen LogP contribution in [0.25, 0.3) is 0 Å². The Morgan fingerprint density at radius 1 is 1.30 bits per heavy atom. The summed E-state index contributed by atoms with van der Waals surface area (Å²) in [6.45, 7) is 3.06. The first-order chi connectivity index (χ1) is 10.9. The van der Waals surface area contributed by atoms with Crippen molar-refractivity contribution in [1.29, 1.82) is 0 Å². The highest BCUT2D eigenvalue weighted by atomic mass is 32.1. The van der Waals surface area contributed by atoms with E-state index in [-0.39, 0.29) is 17.3 Å². The molecule has 7 heteroatoms. The first-order valence-electron chi connectivity index (χ1n) is 7.07. The molecule has 0 N–H and O–H groups in total. The predicted molar refractivity (Wildman–Crippen MR) is 88.7 cm³/mol. The molecule has 0 aliphatic carbocycles. The lowest BCUT2D eigenvalue weighted by atomic mass is 10.2. The minimum absolute atomic E-state index is 0.194. The highest BCUT2D eigenvalue weighted by Gasteiger charge is 2.23. The largest absolute Gasteiger partial charge is 0.451 e. The number of ether oxygens (including phenoxy) is 1. The van der Waals surface area contributed by atoms with Crippen LogP contribution in [0.1, 0.15) is 12.6 Å². The molecule has 1 atom stereocenters. The Kier molecular flexibility index (Phi) is 5.33. The molecule has 0 bridgehead atoms. The Bertz CT molecular complexity index is 751. The molecule has 0 aliphatic rings. The summed E-state index contributed by atoms with van der Waals surface area (Å²) in [7, 11) is 1.62. The Morgan fingerprint density at radius 3 is 2.52 bits per heavy atom. The maximum Gasteiger partial charge on any atom is 0.326 e. The van der Waals surface area contributed by atoms with E-state index in [2.05, 4.69) is 0 Å². The molecule has 0 saturated heterocycles. The first kappa shape index (κ1) is 17.0. The van der Waals surface area contributed by atoms with Gasteiger partial charge in [-0.25, -0.2) is 0 Å². The Hall–Kier alpha value is -2.41. The molecule has 2 rings (SSSR count). The second-order valence-electron chi connectivity index (χ2n) is 5.09. The number of aryl methyl sites for hydroxylation is 1. The summed E-state index contributed by atoms with van der Waals surface area (Å²) in [6.07, 6.45) is -0.928. The van der Waals surface area contributed by atoms with Crippen LogP contribution in [0.15, 0.2) is 40.5 Å². The second-order valence-corrected chi connectivity index (χ2v) is 5.91. The quantitative estimate of drug-likeness (QED) is 0.782. The predicted octanol–water partition coefficient (Wildman–Crippen LogP) is 1.81. The summed E-state index contributed by atoms with van der Waals surface area (Å²) in [6, 6.07) is 9.08. The van der Waals surface area contributed by atoms with Crippen molar-refractivity contribution in [3.8, 4) is 0 Å². The van der Waals surface area contributed by atoms with Gasteiger partial charge in [-0.2, -0.15) is 0 Å². The number of anilines is 1. The molecule has 122 valence electrons. The fourth-order valence-corrected chi connectivity index (χ4v) is 2.80. The van der Waals surface area contributed by atoms with Crippen molar-refractivity contribution in [3.63, 3.8) is 0 Å². The van der Waals surface area contributed by atoms with Gasteiger partial charge in [0.05, 0.1) is 0 Å². The lowest BCUT2D eigenvalue weighted by Crippen LogP contribution is -2.38. The number of carbonyl (C=O) groups is 2. The molecular weight excluding hydrogens is 316 g/mol. The number of hydrogen-bond acceptors (Lipinski definition) is 5. The van der Waals surface area contributed by atoms with Gasteiger partial charge in [-0.1, -0.05) is 29.5 Å². The number of esters is 1. The van der Waals surface area contributed by atoms with Crippen molar-refractivity contribution in [2.75, 3.05) is 11.9 Å². The van der Waals surface area contributed by atoms with Crippen molar-refractivity contribution < 1.29 is 14.3 Å². The maximum atomic E-state index is 12.3. The van der Waals surface area contributed by atoms with E-state index in [1.165, 1.54) is 16.4 Å². The molecule has 0 radical (unpaired) electrons. The molecule has 0 aliphatic heterocycles. The van der Waals surface area contributed by atoms with Gasteiger partial charge in [0.25, 0.3) is 5.91 Å². The lowest BCUT2D eigenvalue weighted by Gasteiger charge is -2.21. The van der Waals surface area contributed by atoms with Gasteiger partial charge in [0.1, 0.15) is 6.54 Å². The summed E-state index contributed by atoms with van der Waals surface area (Å²) in [5.74, 6) is -0.949.